The molecule has 25 heavy (non-hydrogen) atoms. The topological polar surface area (TPSA) is 60.4 Å². The summed E-state index contributed by atoms with van der Waals surface area (Å²) in [5.41, 5.74) is 0.822. The molecule has 2 aliphatic carbocycles. The molecule has 0 aromatic carbocycles. The summed E-state index contributed by atoms with van der Waals surface area (Å²) in [6.45, 7) is 11.5. The van der Waals surface area contributed by atoms with Gasteiger partial charge in [-0.1, -0.05) is 26.0 Å². The standard InChI is InChI=1S/C21H32O4/c1-13-7-10-19(23)14(2)6-9-18-17(13)12-21(18,5)20(24)11-8-15(3)25-16(4)22/h14-15,17-18H,1,6-12H2,2-5H3/t14-,15?,17-,18-,21-/m0/s1. The van der Waals surface area contributed by atoms with Gasteiger partial charge >= 0.3 is 5.97 Å². The Bertz CT molecular complexity index is 564. The zero-order valence-corrected chi connectivity index (χ0v) is 16.1. The molecule has 0 saturated heterocycles. The lowest BCUT2D eigenvalue weighted by Crippen LogP contribution is -2.51. The summed E-state index contributed by atoms with van der Waals surface area (Å²) in [7, 11) is 0. The molecule has 2 aliphatic rings. The Morgan fingerprint density at radius 1 is 1.32 bits per heavy atom. The fourth-order valence-electron chi connectivity index (χ4n) is 4.57. The SMILES string of the molecule is C=C1CCC(=O)[C@@H](C)CC[C@H]2[C@H]1C[C@]2(C)C(=O)CCC(C)OC(C)=O. The Hall–Kier alpha value is -1.45. The fourth-order valence-corrected chi connectivity index (χ4v) is 4.57. The lowest BCUT2D eigenvalue weighted by Gasteiger charge is -2.53. The minimum absolute atomic E-state index is 0.0792. The number of esters is 1. The van der Waals surface area contributed by atoms with Crippen molar-refractivity contribution in [3.05, 3.63) is 12.2 Å². The Kier molecular flexibility index (Phi) is 6.23. The van der Waals surface area contributed by atoms with Crippen molar-refractivity contribution in [2.24, 2.45) is 23.2 Å². The number of Topliss-reactive ketones (excluding diaryl/α,β-unsaturated/α-hetero) is 2. The highest BCUT2D eigenvalue weighted by Gasteiger charge is 2.54. The van der Waals surface area contributed by atoms with E-state index >= 15 is 0 Å². The van der Waals surface area contributed by atoms with Gasteiger partial charge in [0, 0.05) is 31.1 Å². The third-order valence-electron chi connectivity index (χ3n) is 6.41. The van der Waals surface area contributed by atoms with Gasteiger partial charge in [0.25, 0.3) is 0 Å². The number of carbonyl (C=O) groups excluding carboxylic acids is 3. The summed E-state index contributed by atoms with van der Waals surface area (Å²) >= 11 is 0. The molecule has 0 aromatic rings. The highest BCUT2D eigenvalue weighted by atomic mass is 16.5. The van der Waals surface area contributed by atoms with Crippen molar-refractivity contribution in [1.82, 2.24) is 0 Å². The van der Waals surface area contributed by atoms with Crippen molar-refractivity contribution in [3.8, 4) is 0 Å². The number of hydrogen-bond donors (Lipinski definition) is 0. The second kappa shape index (κ2) is 7.84. The number of ketones is 2. The van der Waals surface area contributed by atoms with Crippen molar-refractivity contribution < 1.29 is 19.1 Å². The Morgan fingerprint density at radius 2 is 2.00 bits per heavy atom. The maximum absolute atomic E-state index is 12.9. The zero-order chi connectivity index (χ0) is 18.8. The maximum Gasteiger partial charge on any atom is 0.302 e. The van der Waals surface area contributed by atoms with Crippen LogP contribution in [-0.2, 0) is 19.1 Å². The Morgan fingerprint density at radius 3 is 2.64 bits per heavy atom. The molecule has 0 heterocycles. The lowest BCUT2D eigenvalue weighted by atomic mass is 9.49. The summed E-state index contributed by atoms with van der Waals surface area (Å²) in [6, 6.07) is 0. The van der Waals surface area contributed by atoms with E-state index in [0.717, 1.165) is 31.3 Å². The van der Waals surface area contributed by atoms with Gasteiger partial charge in [-0.05, 0) is 50.9 Å². The molecule has 0 spiro atoms. The molecule has 4 heteroatoms. The predicted molar refractivity (Wildman–Crippen MR) is 97.0 cm³/mol. The quantitative estimate of drug-likeness (QED) is 0.550. The van der Waals surface area contributed by atoms with E-state index in [9.17, 15) is 14.4 Å². The van der Waals surface area contributed by atoms with Gasteiger partial charge in [-0.2, -0.15) is 0 Å². The number of hydrogen-bond acceptors (Lipinski definition) is 4. The molecule has 5 atom stereocenters. The predicted octanol–water partition coefficient (Wildman–Crippen LogP) is 4.27. The molecular formula is C21H32O4. The van der Waals surface area contributed by atoms with E-state index < -0.39 is 0 Å². The first-order valence-electron chi connectivity index (χ1n) is 9.56. The average Bonchev–Trinajstić information content (AvgIpc) is 2.56. The van der Waals surface area contributed by atoms with Crippen molar-refractivity contribution in [3.63, 3.8) is 0 Å². The monoisotopic (exact) mass is 348 g/mol. The first-order chi connectivity index (χ1) is 11.6. The van der Waals surface area contributed by atoms with Crippen LogP contribution in [0.1, 0.15) is 72.6 Å². The first kappa shape index (κ1) is 19.9. The summed E-state index contributed by atoms with van der Waals surface area (Å²) in [4.78, 5) is 36.0. The first-order valence-corrected chi connectivity index (χ1v) is 9.56. The smallest absolute Gasteiger partial charge is 0.302 e. The van der Waals surface area contributed by atoms with E-state index in [1.165, 1.54) is 6.92 Å². The van der Waals surface area contributed by atoms with Crippen molar-refractivity contribution in [1.29, 1.82) is 0 Å². The van der Waals surface area contributed by atoms with Gasteiger partial charge in [0.15, 0.2) is 0 Å². The number of fused-ring (bicyclic) bond motifs is 1. The molecule has 2 saturated carbocycles. The normalized spacial score (nSPS) is 34.0. The van der Waals surface area contributed by atoms with Gasteiger partial charge in [0.05, 0.1) is 6.10 Å². The number of ether oxygens (including phenoxy) is 1. The molecule has 0 bridgehead atoms. The van der Waals surface area contributed by atoms with Gasteiger partial charge in [-0.3, -0.25) is 14.4 Å². The molecule has 2 fully saturated rings. The van der Waals surface area contributed by atoms with Crippen LogP contribution in [0.15, 0.2) is 12.2 Å². The minimum Gasteiger partial charge on any atom is -0.463 e. The van der Waals surface area contributed by atoms with Gasteiger partial charge in [0.1, 0.15) is 11.6 Å². The van der Waals surface area contributed by atoms with Crippen molar-refractivity contribution in [2.75, 3.05) is 0 Å². The average molecular weight is 348 g/mol. The molecule has 0 N–H and O–H groups in total. The molecule has 0 amide bonds. The largest absolute Gasteiger partial charge is 0.463 e. The highest BCUT2D eigenvalue weighted by molar-refractivity contribution is 5.86. The van der Waals surface area contributed by atoms with Gasteiger partial charge in [0.2, 0.25) is 0 Å². The zero-order valence-electron chi connectivity index (χ0n) is 16.1. The molecule has 0 aromatic heterocycles. The summed E-state index contributed by atoms with van der Waals surface area (Å²) < 4.78 is 5.12. The molecule has 2 rings (SSSR count). The Labute approximate surface area is 151 Å². The molecule has 0 aliphatic heterocycles. The van der Waals surface area contributed by atoms with Gasteiger partial charge in [-0.25, -0.2) is 0 Å². The number of carbonyl (C=O) groups is 3. The second-order valence-electron chi connectivity index (χ2n) is 8.32. The van der Waals surface area contributed by atoms with Crippen molar-refractivity contribution in [2.45, 2.75) is 78.7 Å². The van der Waals surface area contributed by atoms with E-state index in [-0.39, 0.29) is 29.2 Å². The number of allylic oxidation sites excluding steroid dienone is 1. The van der Waals surface area contributed by atoms with Gasteiger partial charge < -0.3 is 4.74 Å². The summed E-state index contributed by atoms with van der Waals surface area (Å²) in [5, 5.41) is 0. The minimum atomic E-state index is -0.323. The van der Waals surface area contributed by atoms with E-state index in [1.807, 2.05) is 13.8 Å². The van der Waals surface area contributed by atoms with Gasteiger partial charge in [-0.15, -0.1) is 0 Å². The van der Waals surface area contributed by atoms with Crippen LogP contribution in [0, 0.1) is 23.2 Å². The van der Waals surface area contributed by atoms with E-state index in [4.69, 9.17) is 4.74 Å². The third kappa shape index (κ3) is 4.39. The van der Waals surface area contributed by atoms with E-state index in [2.05, 4.69) is 13.5 Å². The lowest BCUT2D eigenvalue weighted by molar-refractivity contribution is -0.149. The van der Waals surface area contributed by atoms with Crippen LogP contribution in [0.4, 0.5) is 0 Å². The molecule has 140 valence electrons. The van der Waals surface area contributed by atoms with Crippen LogP contribution in [-0.4, -0.2) is 23.6 Å². The van der Waals surface area contributed by atoms with E-state index in [0.29, 0.717) is 36.9 Å². The maximum atomic E-state index is 12.9. The summed E-state index contributed by atoms with van der Waals surface area (Å²) in [5.74, 6) is 1.03. The van der Waals surface area contributed by atoms with Crippen LogP contribution in [0.3, 0.4) is 0 Å². The van der Waals surface area contributed by atoms with E-state index in [1.54, 1.807) is 0 Å². The summed E-state index contributed by atoms with van der Waals surface area (Å²) in [6.07, 6.45) is 4.76. The molecule has 1 unspecified atom stereocenters. The molecule has 0 radical (unpaired) electrons. The second-order valence-corrected chi connectivity index (χ2v) is 8.32. The van der Waals surface area contributed by atoms with Crippen LogP contribution in [0.5, 0.6) is 0 Å². The fraction of sp³-hybridized carbons (Fsp3) is 0.762. The Balaban J connectivity index is 2.01. The van der Waals surface area contributed by atoms with Crippen molar-refractivity contribution >= 4 is 17.5 Å². The van der Waals surface area contributed by atoms with Crippen LogP contribution >= 0.6 is 0 Å². The third-order valence-corrected chi connectivity index (χ3v) is 6.41. The highest BCUT2D eigenvalue weighted by Crippen LogP contribution is 2.58. The van der Waals surface area contributed by atoms with Crippen LogP contribution in [0.2, 0.25) is 0 Å². The molecular weight excluding hydrogens is 316 g/mol. The number of rotatable bonds is 5. The van der Waals surface area contributed by atoms with Crippen LogP contribution in [0.25, 0.3) is 0 Å². The molecule has 4 nitrogen and oxygen atoms in total. The van der Waals surface area contributed by atoms with Crippen LogP contribution < -0.4 is 0 Å².